The number of amides is 1. The summed E-state index contributed by atoms with van der Waals surface area (Å²) < 4.78 is 17.2. The molecule has 5 heteroatoms. The molecular formula is C23H21NO4. The maximum Gasteiger partial charge on any atom is 0.254 e. The summed E-state index contributed by atoms with van der Waals surface area (Å²) in [5.41, 5.74) is 2.07. The van der Waals surface area contributed by atoms with E-state index in [1.54, 1.807) is 26.4 Å². The normalized spacial score (nSPS) is 17.6. The Hall–Kier alpha value is -3.31. The Balaban J connectivity index is 1.85. The maximum atomic E-state index is 13.0. The maximum absolute atomic E-state index is 13.0. The summed E-state index contributed by atoms with van der Waals surface area (Å²) in [6.45, 7) is 0.347. The Labute approximate surface area is 163 Å². The summed E-state index contributed by atoms with van der Waals surface area (Å²) in [6, 6.07) is 22.5. The van der Waals surface area contributed by atoms with E-state index in [1.165, 1.54) is 0 Å². The van der Waals surface area contributed by atoms with Gasteiger partial charge in [-0.05, 0) is 29.8 Å². The molecule has 142 valence electrons. The lowest BCUT2D eigenvalue weighted by molar-refractivity contribution is -0.0267. The fourth-order valence-corrected chi connectivity index (χ4v) is 3.54. The largest absolute Gasteiger partial charge is 0.493 e. The van der Waals surface area contributed by atoms with Crippen LogP contribution in [0.1, 0.15) is 27.0 Å². The second-order valence-corrected chi connectivity index (χ2v) is 6.52. The molecule has 28 heavy (non-hydrogen) atoms. The number of hydrogen-bond acceptors (Lipinski definition) is 4. The lowest BCUT2D eigenvalue weighted by Gasteiger charge is -2.31. The van der Waals surface area contributed by atoms with Gasteiger partial charge in [-0.15, -0.1) is 0 Å². The van der Waals surface area contributed by atoms with E-state index < -0.39 is 5.72 Å². The predicted molar refractivity (Wildman–Crippen MR) is 105 cm³/mol. The Morgan fingerprint density at radius 2 is 1.54 bits per heavy atom. The zero-order chi connectivity index (χ0) is 19.6. The molecule has 0 aliphatic carbocycles. The molecule has 0 fully saturated rings. The van der Waals surface area contributed by atoms with E-state index in [-0.39, 0.29) is 5.91 Å². The number of fused-ring (bicyclic) bond motifs is 1. The fraction of sp³-hybridized carbons (Fsp3) is 0.174. The van der Waals surface area contributed by atoms with Crippen LogP contribution in [0.25, 0.3) is 0 Å². The molecule has 0 bridgehead atoms. The monoisotopic (exact) mass is 375 g/mol. The highest BCUT2D eigenvalue weighted by molar-refractivity contribution is 5.95. The first-order valence-corrected chi connectivity index (χ1v) is 9.00. The van der Waals surface area contributed by atoms with Crippen LogP contribution in [0, 0.1) is 0 Å². The highest BCUT2D eigenvalue weighted by Crippen LogP contribution is 2.44. The van der Waals surface area contributed by atoms with Gasteiger partial charge in [0.25, 0.3) is 5.91 Å². The van der Waals surface area contributed by atoms with Crippen LogP contribution in [0.3, 0.4) is 0 Å². The van der Waals surface area contributed by atoms with Gasteiger partial charge in [-0.3, -0.25) is 4.79 Å². The highest BCUT2D eigenvalue weighted by atomic mass is 16.5. The van der Waals surface area contributed by atoms with Crippen LogP contribution in [-0.2, 0) is 17.1 Å². The molecule has 1 N–H and O–H groups in total. The van der Waals surface area contributed by atoms with Crippen LogP contribution in [0.5, 0.6) is 11.5 Å². The van der Waals surface area contributed by atoms with E-state index in [4.69, 9.17) is 14.2 Å². The van der Waals surface area contributed by atoms with Gasteiger partial charge in [0.05, 0.1) is 20.8 Å². The Morgan fingerprint density at radius 3 is 2.18 bits per heavy atom. The molecule has 1 unspecified atom stereocenters. The van der Waals surface area contributed by atoms with Crippen molar-refractivity contribution in [1.82, 2.24) is 5.32 Å². The van der Waals surface area contributed by atoms with Gasteiger partial charge in [-0.2, -0.15) is 0 Å². The second kappa shape index (κ2) is 7.37. The molecule has 0 aromatic heterocycles. The van der Waals surface area contributed by atoms with Gasteiger partial charge >= 0.3 is 0 Å². The molecule has 5 nitrogen and oxygen atoms in total. The summed E-state index contributed by atoms with van der Waals surface area (Å²) in [5, 5.41) is 3.11. The average molecular weight is 375 g/mol. The molecule has 0 saturated carbocycles. The molecule has 3 aromatic carbocycles. The van der Waals surface area contributed by atoms with Crippen LogP contribution < -0.4 is 14.8 Å². The van der Waals surface area contributed by atoms with E-state index in [0.717, 1.165) is 16.7 Å². The van der Waals surface area contributed by atoms with E-state index in [0.29, 0.717) is 23.7 Å². The fourth-order valence-electron chi connectivity index (χ4n) is 3.54. The third-order valence-corrected chi connectivity index (χ3v) is 4.94. The number of methoxy groups -OCH3 is 2. The Bertz CT molecular complexity index is 988. The highest BCUT2D eigenvalue weighted by Gasteiger charge is 2.44. The minimum Gasteiger partial charge on any atom is -0.493 e. The third kappa shape index (κ3) is 3.00. The number of hydrogen-bond donors (Lipinski definition) is 1. The lowest BCUT2D eigenvalue weighted by Crippen LogP contribution is -2.46. The molecule has 1 aliphatic rings. The van der Waals surface area contributed by atoms with Gasteiger partial charge in [0.2, 0.25) is 0 Å². The van der Waals surface area contributed by atoms with Crippen LogP contribution in [-0.4, -0.2) is 20.1 Å². The first-order chi connectivity index (χ1) is 13.7. The van der Waals surface area contributed by atoms with Crippen LogP contribution >= 0.6 is 0 Å². The number of rotatable bonds is 5. The molecule has 0 spiro atoms. The van der Waals surface area contributed by atoms with Crippen molar-refractivity contribution in [2.75, 3.05) is 14.2 Å². The zero-order valence-electron chi connectivity index (χ0n) is 15.8. The smallest absolute Gasteiger partial charge is 0.254 e. The van der Waals surface area contributed by atoms with Gasteiger partial charge in [0, 0.05) is 16.7 Å². The van der Waals surface area contributed by atoms with E-state index in [9.17, 15) is 4.79 Å². The van der Waals surface area contributed by atoms with Crippen molar-refractivity contribution in [3.8, 4) is 11.5 Å². The molecule has 1 aliphatic heterocycles. The SMILES string of the molecule is COc1cc2c(cc1OC)C(NC(=O)c1ccccc1)(c1ccccc1)OC2. The van der Waals surface area contributed by atoms with Crippen molar-refractivity contribution in [2.24, 2.45) is 0 Å². The molecule has 1 atom stereocenters. The zero-order valence-corrected chi connectivity index (χ0v) is 15.8. The van der Waals surface area contributed by atoms with Gasteiger partial charge in [-0.1, -0.05) is 48.5 Å². The van der Waals surface area contributed by atoms with Crippen LogP contribution in [0.4, 0.5) is 0 Å². The van der Waals surface area contributed by atoms with Crippen molar-refractivity contribution >= 4 is 5.91 Å². The number of ether oxygens (including phenoxy) is 3. The van der Waals surface area contributed by atoms with Gasteiger partial charge in [0.1, 0.15) is 0 Å². The Kier molecular flexibility index (Phi) is 4.75. The van der Waals surface area contributed by atoms with Crippen LogP contribution in [0.15, 0.2) is 72.8 Å². The molecule has 3 aromatic rings. The van der Waals surface area contributed by atoms with Crippen molar-refractivity contribution < 1.29 is 19.0 Å². The number of nitrogens with one attached hydrogen (secondary N) is 1. The van der Waals surface area contributed by atoms with Crippen molar-refractivity contribution in [2.45, 2.75) is 12.3 Å². The summed E-state index contributed by atoms with van der Waals surface area (Å²) in [4.78, 5) is 13.0. The second-order valence-electron chi connectivity index (χ2n) is 6.52. The molecule has 1 heterocycles. The first kappa shape index (κ1) is 18.1. The minimum atomic E-state index is -1.11. The van der Waals surface area contributed by atoms with Crippen molar-refractivity contribution in [3.05, 3.63) is 95.1 Å². The third-order valence-electron chi connectivity index (χ3n) is 4.94. The topological polar surface area (TPSA) is 56.8 Å². The summed E-state index contributed by atoms with van der Waals surface area (Å²) in [5.74, 6) is 0.996. The van der Waals surface area contributed by atoms with Crippen molar-refractivity contribution in [3.63, 3.8) is 0 Å². The van der Waals surface area contributed by atoms with E-state index in [2.05, 4.69) is 5.32 Å². The molecule has 0 radical (unpaired) electrons. The number of carbonyl (C=O) groups excluding carboxylic acids is 1. The van der Waals surface area contributed by atoms with E-state index in [1.807, 2.05) is 60.7 Å². The van der Waals surface area contributed by atoms with Crippen molar-refractivity contribution in [1.29, 1.82) is 0 Å². The van der Waals surface area contributed by atoms with Gasteiger partial charge in [-0.25, -0.2) is 0 Å². The van der Waals surface area contributed by atoms with Gasteiger partial charge in [0.15, 0.2) is 17.2 Å². The average Bonchev–Trinajstić information content (AvgIpc) is 3.12. The lowest BCUT2D eigenvalue weighted by atomic mass is 9.92. The quantitative estimate of drug-likeness (QED) is 0.736. The van der Waals surface area contributed by atoms with Gasteiger partial charge < -0.3 is 19.5 Å². The molecule has 4 rings (SSSR count). The molecular weight excluding hydrogens is 354 g/mol. The van der Waals surface area contributed by atoms with E-state index >= 15 is 0 Å². The van der Waals surface area contributed by atoms with Crippen LogP contribution in [0.2, 0.25) is 0 Å². The summed E-state index contributed by atoms with van der Waals surface area (Å²) in [6.07, 6.45) is 0. The minimum absolute atomic E-state index is 0.216. The number of benzene rings is 3. The molecule has 0 saturated heterocycles. The predicted octanol–water partition coefficient (Wildman–Crippen LogP) is 3.87. The first-order valence-electron chi connectivity index (χ1n) is 9.00. The Morgan fingerprint density at radius 1 is 0.929 bits per heavy atom. The standard InChI is InChI=1S/C23H21NO4/c1-26-20-13-17-15-28-23(18-11-7-4-8-12-18,19(17)14-21(20)27-2)24-22(25)16-9-5-3-6-10-16/h3-14H,15H2,1-2H3,(H,24,25). The summed E-state index contributed by atoms with van der Waals surface area (Å²) in [7, 11) is 3.19. The number of carbonyl (C=O) groups is 1. The summed E-state index contributed by atoms with van der Waals surface area (Å²) >= 11 is 0. The molecule has 1 amide bonds.